The molecule has 0 aliphatic heterocycles. The lowest BCUT2D eigenvalue weighted by atomic mass is 9.96. The summed E-state index contributed by atoms with van der Waals surface area (Å²) in [6.45, 7) is 1.95. The molecule has 0 atom stereocenters. The van der Waals surface area contributed by atoms with Crippen molar-refractivity contribution in [1.82, 2.24) is 24.9 Å². The van der Waals surface area contributed by atoms with Crippen LogP contribution in [0, 0.1) is 22.7 Å². The summed E-state index contributed by atoms with van der Waals surface area (Å²) < 4.78 is 63.5. The van der Waals surface area contributed by atoms with Gasteiger partial charge < -0.3 is 30.8 Å². The Morgan fingerprint density at radius 2 is 1.55 bits per heavy atom. The van der Waals surface area contributed by atoms with Crippen molar-refractivity contribution in [2.45, 2.75) is 36.5 Å². The number of anilines is 2. The maximum absolute atomic E-state index is 11.4. The van der Waals surface area contributed by atoms with E-state index in [4.69, 9.17) is 19.8 Å². The van der Waals surface area contributed by atoms with Gasteiger partial charge in [-0.05, 0) is 17.7 Å². The topological polar surface area (TPSA) is 234 Å². The van der Waals surface area contributed by atoms with Gasteiger partial charge in [0.05, 0.1) is 17.6 Å². The number of amides is 1. The summed E-state index contributed by atoms with van der Waals surface area (Å²) in [6.07, 6.45) is -2.76. The van der Waals surface area contributed by atoms with E-state index in [0.717, 1.165) is 11.5 Å². The minimum absolute atomic E-state index is 0.183. The number of benzene rings is 1. The minimum atomic E-state index is -5.08. The molecule has 3 heterocycles. The van der Waals surface area contributed by atoms with Crippen LogP contribution < -0.4 is 10.6 Å². The second-order valence-corrected chi connectivity index (χ2v) is 10.0. The van der Waals surface area contributed by atoms with Gasteiger partial charge in [-0.25, -0.2) is 24.5 Å². The van der Waals surface area contributed by atoms with Gasteiger partial charge in [0, 0.05) is 55.4 Å². The summed E-state index contributed by atoms with van der Waals surface area (Å²) in [6, 6.07) is 11.5. The van der Waals surface area contributed by atoms with E-state index in [-0.39, 0.29) is 11.5 Å². The SMILES string of the molecule is CC(=O)Nc1ccc(-c2c(C#N)c(NCCc3cnc[nH]3)nc(SCc3ncc[nH]3)c2C#N)cc1.O=C(O)C(F)(F)F.O=C(O)C(F)(F)F. The molecule has 0 saturated heterocycles. The highest BCUT2D eigenvalue weighted by atomic mass is 32.2. The number of halogens is 6. The molecule has 1 aromatic carbocycles. The number of aliphatic carboxylic acids is 2. The summed E-state index contributed by atoms with van der Waals surface area (Å²) in [4.78, 5) is 48.2. The molecule has 4 aromatic rings. The highest BCUT2D eigenvalue weighted by molar-refractivity contribution is 7.98. The van der Waals surface area contributed by atoms with Gasteiger partial charge in [-0.1, -0.05) is 23.9 Å². The molecule has 0 saturated carbocycles. The molecule has 49 heavy (non-hydrogen) atoms. The van der Waals surface area contributed by atoms with Crippen LogP contribution in [0.2, 0.25) is 0 Å². The first-order valence-corrected chi connectivity index (χ1v) is 14.1. The standard InChI is InChI=1S/C24H21N9OS.2C2HF3O2/c1-15(34)32-17-4-2-16(3-5-17)22-19(10-25)23(30-7-6-18-12-27-14-31-18)33-24(20(22)11-26)35-13-21-28-8-9-29-21;2*3-2(4,5)1(6)7/h2-5,8-9,12,14H,6-7,13H2,1H3,(H,27,31)(H,28,29)(H,30,33)(H,32,34);2*(H,6,7). The van der Waals surface area contributed by atoms with E-state index in [1.54, 1.807) is 49.2 Å². The zero-order valence-corrected chi connectivity index (χ0v) is 25.6. The molecule has 14 nitrogen and oxygen atoms in total. The van der Waals surface area contributed by atoms with Crippen LogP contribution in [-0.2, 0) is 26.6 Å². The molecule has 0 radical (unpaired) electrons. The molecule has 21 heteroatoms. The van der Waals surface area contributed by atoms with Crippen LogP contribution in [-0.4, -0.2) is 71.9 Å². The summed E-state index contributed by atoms with van der Waals surface area (Å²) >= 11 is 1.36. The fourth-order valence-corrected chi connectivity index (χ4v) is 4.35. The summed E-state index contributed by atoms with van der Waals surface area (Å²) in [7, 11) is 0. The average molecular weight is 712 g/mol. The Hall–Kier alpha value is -6.09. The largest absolute Gasteiger partial charge is 0.490 e. The lowest BCUT2D eigenvalue weighted by Gasteiger charge is -2.16. The Kier molecular flexibility index (Phi) is 14.1. The number of H-pyrrole nitrogens is 2. The lowest BCUT2D eigenvalue weighted by molar-refractivity contribution is -0.193. The summed E-state index contributed by atoms with van der Waals surface area (Å²) in [5.41, 5.74) is 3.32. The predicted molar refractivity (Wildman–Crippen MR) is 160 cm³/mol. The first-order valence-electron chi connectivity index (χ1n) is 13.2. The number of nitrogens with zero attached hydrogens (tertiary/aromatic N) is 5. The number of thioether (sulfide) groups is 1. The number of carboxylic acids is 2. The Morgan fingerprint density at radius 3 is 2.00 bits per heavy atom. The van der Waals surface area contributed by atoms with Crippen LogP contribution in [0.15, 0.2) is 54.2 Å². The Bertz CT molecular complexity index is 1780. The highest BCUT2D eigenvalue weighted by Crippen LogP contribution is 2.37. The number of hydrogen-bond donors (Lipinski definition) is 6. The quantitative estimate of drug-likeness (QED) is 0.0982. The van der Waals surface area contributed by atoms with Crippen LogP contribution in [0.1, 0.15) is 29.6 Å². The maximum Gasteiger partial charge on any atom is 0.490 e. The number of aromatic amines is 2. The molecule has 0 spiro atoms. The monoisotopic (exact) mass is 711 g/mol. The number of aromatic nitrogens is 5. The number of rotatable bonds is 9. The molecule has 0 fully saturated rings. The van der Waals surface area contributed by atoms with Gasteiger partial charge in [0.2, 0.25) is 5.91 Å². The Morgan fingerprint density at radius 1 is 0.959 bits per heavy atom. The molecule has 0 aliphatic carbocycles. The van der Waals surface area contributed by atoms with Crippen molar-refractivity contribution in [1.29, 1.82) is 10.5 Å². The number of pyridine rings is 1. The van der Waals surface area contributed by atoms with E-state index in [9.17, 15) is 41.7 Å². The van der Waals surface area contributed by atoms with Crippen molar-refractivity contribution in [3.8, 4) is 23.3 Å². The molecule has 0 aliphatic rings. The van der Waals surface area contributed by atoms with Crippen LogP contribution in [0.4, 0.5) is 37.8 Å². The molecule has 0 bridgehead atoms. The number of alkyl halides is 6. The van der Waals surface area contributed by atoms with Crippen LogP contribution in [0.25, 0.3) is 11.1 Å². The van der Waals surface area contributed by atoms with Gasteiger partial charge in [0.15, 0.2) is 0 Å². The minimum Gasteiger partial charge on any atom is -0.475 e. The number of carbonyl (C=O) groups excluding carboxylic acids is 1. The average Bonchev–Trinajstić information content (AvgIpc) is 3.74. The van der Waals surface area contributed by atoms with Crippen molar-refractivity contribution in [3.63, 3.8) is 0 Å². The molecular weight excluding hydrogens is 688 g/mol. The molecule has 4 rings (SSSR count). The molecule has 6 N–H and O–H groups in total. The van der Waals surface area contributed by atoms with E-state index in [0.29, 0.717) is 51.9 Å². The molecule has 3 aromatic heterocycles. The van der Waals surface area contributed by atoms with Gasteiger partial charge >= 0.3 is 24.3 Å². The second-order valence-electron chi connectivity index (χ2n) is 9.06. The number of nitrogens with one attached hydrogen (secondary N) is 4. The van der Waals surface area contributed by atoms with Crippen LogP contribution in [0.5, 0.6) is 0 Å². The normalized spacial score (nSPS) is 10.6. The van der Waals surface area contributed by atoms with E-state index < -0.39 is 24.3 Å². The van der Waals surface area contributed by atoms with Gasteiger partial charge in [-0.2, -0.15) is 36.9 Å². The van der Waals surface area contributed by atoms with E-state index >= 15 is 0 Å². The second kappa shape index (κ2) is 17.7. The van der Waals surface area contributed by atoms with Gasteiger partial charge in [-0.3, -0.25) is 4.79 Å². The van der Waals surface area contributed by atoms with E-state index in [1.165, 1.54) is 18.7 Å². The zero-order chi connectivity index (χ0) is 36.8. The Labute approximate surface area is 276 Å². The smallest absolute Gasteiger partial charge is 0.475 e. The van der Waals surface area contributed by atoms with E-state index in [1.807, 2.05) is 0 Å². The Balaban J connectivity index is 0.000000500. The first kappa shape index (κ1) is 39.1. The number of carbonyl (C=O) groups is 3. The fraction of sp³-hybridized carbons (Fsp3) is 0.214. The molecule has 0 unspecified atom stereocenters. The summed E-state index contributed by atoms with van der Waals surface area (Å²) in [5, 5.41) is 40.9. The molecular formula is C28H23F6N9O5S. The van der Waals surface area contributed by atoms with E-state index in [2.05, 4.69) is 47.7 Å². The van der Waals surface area contributed by atoms with Crippen molar-refractivity contribution in [3.05, 3.63) is 71.8 Å². The molecule has 1 amide bonds. The van der Waals surface area contributed by atoms with Crippen molar-refractivity contribution >= 4 is 41.1 Å². The fourth-order valence-electron chi connectivity index (χ4n) is 3.47. The third kappa shape index (κ3) is 12.6. The van der Waals surface area contributed by atoms with Gasteiger partial charge in [-0.15, -0.1) is 0 Å². The number of carboxylic acid groups (broad SMARTS) is 2. The first-order chi connectivity index (χ1) is 23.0. The number of nitriles is 2. The maximum atomic E-state index is 11.4. The van der Waals surface area contributed by atoms with Gasteiger partial charge in [0.25, 0.3) is 0 Å². The van der Waals surface area contributed by atoms with Crippen molar-refractivity contribution in [2.75, 3.05) is 17.2 Å². The van der Waals surface area contributed by atoms with Crippen LogP contribution >= 0.6 is 11.8 Å². The van der Waals surface area contributed by atoms with Crippen molar-refractivity contribution in [2.24, 2.45) is 0 Å². The number of imidazole rings is 2. The lowest BCUT2D eigenvalue weighted by Crippen LogP contribution is -2.21. The van der Waals surface area contributed by atoms with Gasteiger partial charge in [0.1, 0.15) is 34.4 Å². The third-order valence-electron chi connectivity index (χ3n) is 5.51. The number of hydrogen-bond acceptors (Lipinski definition) is 10. The highest BCUT2D eigenvalue weighted by Gasteiger charge is 2.38. The summed E-state index contributed by atoms with van der Waals surface area (Å²) in [5.74, 6) is -4.07. The predicted octanol–water partition coefficient (Wildman–Crippen LogP) is 5.11. The molecule has 258 valence electrons. The zero-order valence-electron chi connectivity index (χ0n) is 24.8. The third-order valence-corrected chi connectivity index (χ3v) is 6.50. The van der Waals surface area contributed by atoms with Crippen molar-refractivity contribution < 1.29 is 50.9 Å². The van der Waals surface area contributed by atoms with Crippen LogP contribution in [0.3, 0.4) is 0 Å².